The average molecular weight is 472 g/mol. The number of hydrogen-bond donors (Lipinski definition) is 1. The first kappa shape index (κ1) is 22.6. The SMILES string of the molecule is CC(NC(=O)c1cc(Cl)cc(S(=O)(=O)C(F)(F)F)c1)c1nccnc1-c1cnccn1. The molecule has 2 aromatic heterocycles. The molecule has 0 fully saturated rings. The molecular weight excluding hydrogens is 459 g/mol. The maximum absolute atomic E-state index is 12.9. The molecule has 0 aliphatic rings. The van der Waals surface area contributed by atoms with Crippen molar-refractivity contribution in [3.05, 3.63) is 65.5 Å². The average Bonchev–Trinajstić information content (AvgIpc) is 2.73. The molecule has 0 spiro atoms. The number of benzene rings is 1. The van der Waals surface area contributed by atoms with Gasteiger partial charge in [-0.1, -0.05) is 11.6 Å². The van der Waals surface area contributed by atoms with E-state index in [2.05, 4.69) is 25.3 Å². The number of carbonyl (C=O) groups is 1. The zero-order chi connectivity index (χ0) is 22.8. The first-order valence-corrected chi connectivity index (χ1v) is 10.4. The van der Waals surface area contributed by atoms with Crippen LogP contribution in [-0.2, 0) is 9.84 Å². The standard InChI is InChI=1S/C18H13ClF3N5O3S/c1-10(15-16(26-5-4-25-15)14-9-23-2-3-24-14)27-17(28)11-6-12(19)8-13(7-11)31(29,30)18(20,21)22/h2-10H,1H3,(H,27,28). The Morgan fingerprint density at radius 3 is 2.39 bits per heavy atom. The Kier molecular flexibility index (Phi) is 6.23. The number of amides is 1. The highest BCUT2D eigenvalue weighted by atomic mass is 35.5. The Morgan fingerprint density at radius 2 is 1.74 bits per heavy atom. The number of nitrogens with zero attached hydrogens (tertiary/aromatic N) is 4. The van der Waals surface area contributed by atoms with Gasteiger partial charge in [-0.15, -0.1) is 0 Å². The van der Waals surface area contributed by atoms with Crippen LogP contribution in [0, 0.1) is 0 Å². The van der Waals surface area contributed by atoms with E-state index >= 15 is 0 Å². The fraction of sp³-hybridized carbons (Fsp3) is 0.167. The van der Waals surface area contributed by atoms with Gasteiger partial charge in [-0.2, -0.15) is 13.2 Å². The Morgan fingerprint density at radius 1 is 1.06 bits per heavy atom. The summed E-state index contributed by atoms with van der Waals surface area (Å²) in [6.07, 6.45) is 7.19. The molecule has 0 bridgehead atoms. The van der Waals surface area contributed by atoms with Crippen molar-refractivity contribution in [3.8, 4) is 11.4 Å². The highest BCUT2D eigenvalue weighted by molar-refractivity contribution is 7.92. The Bertz CT molecular complexity index is 1220. The first-order valence-electron chi connectivity index (χ1n) is 8.51. The Hall–Kier alpha value is -3.12. The summed E-state index contributed by atoms with van der Waals surface area (Å²) in [7, 11) is -5.68. The molecule has 3 aromatic rings. The van der Waals surface area contributed by atoms with Crippen LogP contribution in [0.4, 0.5) is 13.2 Å². The highest BCUT2D eigenvalue weighted by Crippen LogP contribution is 2.32. The minimum absolute atomic E-state index is 0.321. The minimum Gasteiger partial charge on any atom is -0.344 e. The summed E-state index contributed by atoms with van der Waals surface area (Å²) in [6.45, 7) is 1.57. The summed E-state index contributed by atoms with van der Waals surface area (Å²) < 4.78 is 61.9. The molecule has 1 atom stereocenters. The molecule has 0 saturated carbocycles. The normalized spacial score (nSPS) is 12.9. The van der Waals surface area contributed by atoms with E-state index in [1.807, 2.05) is 0 Å². The fourth-order valence-electron chi connectivity index (χ4n) is 2.62. The monoisotopic (exact) mass is 471 g/mol. The second kappa shape index (κ2) is 8.55. The molecule has 2 heterocycles. The molecular formula is C18H13ClF3N5O3S. The lowest BCUT2D eigenvalue weighted by molar-refractivity contribution is -0.0436. The summed E-state index contributed by atoms with van der Waals surface area (Å²) in [5, 5.41) is 2.20. The van der Waals surface area contributed by atoms with Crippen molar-refractivity contribution in [2.75, 3.05) is 0 Å². The molecule has 3 rings (SSSR count). The van der Waals surface area contributed by atoms with Crippen molar-refractivity contribution in [1.29, 1.82) is 0 Å². The predicted molar refractivity (Wildman–Crippen MR) is 104 cm³/mol. The van der Waals surface area contributed by atoms with Gasteiger partial charge in [0, 0.05) is 35.4 Å². The maximum Gasteiger partial charge on any atom is 0.501 e. The molecule has 31 heavy (non-hydrogen) atoms. The molecule has 1 unspecified atom stereocenters. The molecule has 0 saturated heterocycles. The lowest BCUT2D eigenvalue weighted by atomic mass is 10.1. The van der Waals surface area contributed by atoms with Gasteiger partial charge < -0.3 is 5.32 Å². The van der Waals surface area contributed by atoms with Crippen LogP contribution in [0.25, 0.3) is 11.4 Å². The predicted octanol–water partition coefficient (Wildman–Crippen LogP) is 3.37. The van der Waals surface area contributed by atoms with Crippen molar-refractivity contribution >= 4 is 27.3 Å². The zero-order valence-electron chi connectivity index (χ0n) is 15.6. The van der Waals surface area contributed by atoms with E-state index in [4.69, 9.17) is 11.6 Å². The topological polar surface area (TPSA) is 115 Å². The van der Waals surface area contributed by atoms with Gasteiger partial charge in [0.2, 0.25) is 0 Å². The molecule has 0 radical (unpaired) electrons. The molecule has 0 aliphatic carbocycles. The van der Waals surface area contributed by atoms with E-state index in [1.54, 1.807) is 6.92 Å². The number of halogens is 4. The number of alkyl halides is 3. The number of hydrogen-bond acceptors (Lipinski definition) is 7. The Balaban J connectivity index is 1.92. The van der Waals surface area contributed by atoms with Crippen molar-refractivity contribution in [2.24, 2.45) is 0 Å². The lowest BCUT2D eigenvalue weighted by Crippen LogP contribution is -2.28. The Labute approximate surface area is 179 Å². The molecule has 1 amide bonds. The van der Waals surface area contributed by atoms with E-state index in [9.17, 15) is 26.4 Å². The van der Waals surface area contributed by atoms with Crippen LogP contribution in [0.1, 0.15) is 29.0 Å². The van der Waals surface area contributed by atoms with E-state index < -0.39 is 32.2 Å². The summed E-state index contributed by atoms with van der Waals surface area (Å²) >= 11 is 5.76. The van der Waals surface area contributed by atoms with Crippen LogP contribution in [0.15, 0.2) is 54.1 Å². The van der Waals surface area contributed by atoms with E-state index in [-0.39, 0.29) is 10.6 Å². The van der Waals surface area contributed by atoms with Gasteiger partial charge in [0.25, 0.3) is 15.7 Å². The van der Waals surface area contributed by atoms with Gasteiger partial charge in [-0.3, -0.25) is 24.7 Å². The maximum atomic E-state index is 12.9. The third kappa shape index (κ3) is 4.80. The van der Waals surface area contributed by atoms with Crippen LogP contribution in [-0.4, -0.2) is 39.8 Å². The quantitative estimate of drug-likeness (QED) is 0.606. The van der Waals surface area contributed by atoms with Crippen LogP contribution in [0.3, 0.4) is 0 Å². The van der Waals surface area contributed by atoms with Crippen molar-refractivity contribution in [1.82, 2.24) is 25.3 Å². The summed E-state index contributed by atoms with van der Waals surface area (Å²) in [5.41, 5.74) is -4.85. The third-order valence-electron chi connectivity index (χ3n) is 4.04. The summed E-state index contributed by atoms with van der Waals surface area (Å²) in [4.78, 5) is 28.0. The summed E-state index contributed by atoms with van der Waals surface area (Å²) in [6, 6.07) is 1.52. The number of nitrogens with one attached hydrogen (secondary N) is 1. The van der Waals surface area contributed by atoms with Crippen LogP contribution >= 0.6 is 11.6 Å². The number of carbonyl (C=O) groups excluding carboxylic acids is 1. The first-order chi connectivity index (χ1) is 14.5. The molecule has 162 valence electrons. The van der Waals surface area contributed by atoms with Crippen LogP contribution in [0.2, 0.25) is 5.02 Å². The third-order valence-corrected chi connectivity index (χ3v) is 5.72. The second-order valence-corrected chi connectivity index (χ2v) is 8.58. The van der Waals surface area contributed by atoms with Gasteiger partial charge in [0.05, 0.1) is 22.8 Å². The fourth-order valence-corrected chi connectivity index (χ4v) is 3.75. The van der Waals surface area contributed by atoms with Crippen molar-refractivity contribution < 1.29 is 26.4 Å². The van der Waals surface area contributed by atoms with Gasteiger partial charge >= 0.3 is 5.51 Å². The minimum atomic E-state index is -5.68. The van der Waals surface area contributed by atoms with Crippen molar-refractivity contribution in [2.45, 2.75) is 23.4 Å². The lowest BCUT2D eigenvalue weighted by Gasteiger charge is -2.16. The number of aromatic nitrogens is 4. The molecule has 13 heteroatoms. The molecule has 0 aliphatic heterocycles. The van der Waals surface area contributed by atoms with Crippen LogP contribution in [0.5, 0.6) is 0 Å². The summed E-state index contributed by atoms with van der Waals surface area (Å²) in [5.74, 6) is -0.857. The molecule has 1 N–H and O–H groups in total. The number of rotatable bonds is 5. The van der Waals surface area contributed by atoms with Gasteiger partial charge in [-0.25, -0.2) is 8.42 Å². The van der Waals surface area contributed by atoms with E-state index in [0.29, 0.717) is 29.2 Å². The second-order valence-electron chi connectivity index (χ2n) is 6.20. The zero-order valence-corrected chi connectivity index (χ0v) is 17.2. The largest absolute Gasteiger partial charge is 0.501 e. The molecule has 8 nitrogen and oxygen atoms in total. The van der Waals surface area contributed by atoms with Crippen molar-refractivity contribution in [3.63, 3.8) is 0 Å². The van der Waals surface area contributed by atoms with Gasteiger partial charge in [0.1, 0.15) is 11.4 Å². The van der Waals surface area contributed by atoms with Gasteiger partial charge in [-0.05, 0) is 25.1 Å². The number of sulfone groups is 1. The van der Waals surface area contributed by atoms with E-state index in [0.717, 1.165) is 6.07 Å². The highest BCUT2D eigenvalue weighted by Gasteiger charge is 2.47. The van der Waals surface area contributed by atoms with Crippen LogP contribution < -0.4 is 5.32 Å². The van der Waals surface area contributed by atoms with Gasteiger partial charge in [0.15, 0.2) is 0 Å². The molecule has 1 aromatic carbocycles. The smallest absolute Gasteiger partial charge is 0.344 e. The van der Waals surface area contributed by atoms with E-state index in [1.165, 1.54) is 31.0 Å².